The molecule has 0 saturated heterocycles. The number of phenols is 2. The van der Waals surface area contributed by atoms with Gasteiger partial charge in [-0.1, -0.05) is 19.3 Å². The van der Waals surface area contributed by atoms with Crippen molar-refractivity contribution in [1.82, 2.24) is 0 Å². The van der Waals surface area contributed by atoms with Gasteiger partial charge in [0.05, 0.1) is 0 Å². The Balaban J connectivity index is 0.00000361. The molecule has 1 aromatic carbocycles. The van der Waals surface area contributed by atoms with E-state index in [9.17, 15) is 15.5 Å². The quantitative estimate of drug-likeness (QED) is 0.151. The Labute approximate surface area is 145 Å². The van der Waals surface area contributed by atoms with Crippen LogP contribution in [-0.2, 0) is 15.8 Å². The zero-order chi connectivity index (χ0) is 13.9. The second-order valence-electron chi connectivity index (χ2n) is 4.29. The summed E-state index contributed by atoms with van der Waals surface area (Å²) in [6.45, 7) is 0. The first-order valence-corrected chi connectivity index (χ1v) is 7.24. The second-order valence-corrected chi connectivity index (χ2v) is 5.07. The molecule has 0 unspecified atom stereocenters. The van der Waals surface area contributed by atoms with Crippen LogP contribution in [0.2, 0.25) is 0 Å². The molecule has 20 heavy (non-hydrogen) atoms. The molecule has 1 aromatic rings. The van der Waals surface area contributed by atoms with Gasteiger partial charge in [-0.2, -0.15) is 4.33 Å². The minimum Gasteiger partial charge on any atom is -0.691 e. The Morgan fingerprint density at radius 3 is 2.50 bits per heavy atom. The van der Waals surface area contributed by atoms with E-state index in [1.165, 1.54) is 12.1 Å². The van der Waals surface area contributed by atoms with E-state index in [-0.39, 0.29) is 41.1 Å². The third-order valence-electron chi connectivity index (χ3n) is 2.81. The first-order chi connectivity index (χ1) is 9.24. The molecular weight excluding hydrogens is 291 g/mol. The summed E-state index contributed by atoms with van der Waals surface area (Å²) >= 11 is 1.02. The van der Waals surface area contributed by atoms with Crippen LogP contribution in [0.5, 0.6) is 11.5 Å². The van der Waals surface area contributed by atoms with Crippen LogP contribution in [0, 0.1) is 0 Å². The van der Waals surface area contributed by atoms with Gasteiger partial charge >= 0.3 is 29.6 Å². The van der Waals surface area contributed by atoms with Crippen molar-refractivity contribution in [1.29, 1.82) is 0 Å². The first-order valence-electron chi connectivity index (χ1n) is 6.33. The molecule has 0 saturated carbocycles. The number of aromatic hydroxyl groups is 2. The number of phenolic OH excluding ortho intramolecular Hbond substituents is 2. The molecule has 0 amide bonds. The summed E-state index contributed by atoms with van der Waals surface area (Å²) in [5.41, 5.74) is 0.788. The van der Waals surface area contributed by atoms with Crippen molar-refractivity contribution in [2.24, 2.45) is 0 Å². The van der Waals surface area contributed by atoms with E-state index >= 15 is 0 Å². The normalized spacial score (nSPS) is 10.2. The zero-order valence-electron chi connectivity index (χ0n) is 11.7. The molecule has 0 aliphatic rings. The molecule has 0 aliphatic heterocycles. The summed E-state index contributed by atoms with van der Waals surface area (Å²) in [5, 5.41) is 31.7. The largest absolute Gasteiger partial charge is 1.00 e. The Bertz CT molecular complexity index is 365. The van der Waals surface area contributed by atoms with Gasteiger partial charge in [0.2, 0.25) is 0 Å². The fourth-order valence-corrected chi connectivity index (χ4v) is 2.26. The Hall–Kier alpha value is 0.0500. The van der Waals surface area contributed by atoms with Crippen molar-refractivity contribution in [2.75, 3.05) is 5.75 Å². The van der Waals surface area contributed by atoms with E-state index in [0.29, 0.717) is 0 Å². The molecule has 108 valence electrons. The molecule has 0 radical (unpaired) electrons. The third-order valence-corrected chi connectivity index (χ3v) is 3.42. The van der Waals surface area contributed by atoms with Crippen LogP contribution in [0.1, 0.15) is 37.7 Å². The van der Waals surface area contributed by atoms with Gasteiger partial charge < -0.3 is 15.5 Å². The Morgan fingerprint density at radius 1 is 1.05 bits per heavy atom. The van der Waals surface area contributed by atoms with Crippen LogP contribution in [0.3, 0.4) is 0 Å². The third kappa shape index (κ3) is 9.07. The number of hydrogen-bond donors (Lipinski definition) is 2. The van der Waals surface area contributed by atoms with Crippen LogP contribution in [-0.4, -0.2) is 16.0 Å². The number of hydrogen-bond acceptors (Lipinski definition) is 6. The second kappa shape index (κ2) is 12.8. The fourth-order valence-electron chi connectivity index (χ4n) is 1.83. The predicted molar refractivity (Wildman–Crippen MR) is 71.2 cm³/mol. The molecule has 1 rings (SSSR count). The first kappa shape index (κ1) is 20.1. The van der Waals surface area contributed by atoms with Crippen LogP contribution < -0.4 is 34.8 Å². The fraction of sp³-hybridized carbons (Fsp3) is 0.538. The molecule has 2 N–H and O–H groups in total. The summed E-state index contributed by atoms with van der Waals surface area (Å²) < 4.78 is 4.15. The summed E-state index contributed by atoms with van der Waals surface area (Å²) in [6, 6.07) is 4.59. The average molecular weight is 310 g/mol. The number of unbranched alkanes of at least 4 members (excludes halogenated alkanes) is 4. The molecule has 7 heteroatoms. The van der Waals surface area contributed by atoms with Gasteiger partial charge in [0, 0.05) is 17.8 Å². The van der Waals surface area contributed by atoms with E-state index in [1.807, 2.05) is 0 Å². The van der Waals surface area contributed by atoms with Crippen molar-refractivity contribution in [3.63, 3.8) is 0 Å². The van der Waals surface area contributed by atoms with Crippen molar-refractivity contribution < 1.29 is 54.4 Å². The van der Waals surface area contributed by atoms with Gasteiger partial charge in [0.25, 0.3) is 0 Å². The van der Waals surface area contributed by atoms with Gasteiger partial charge in [-0.15, -0.1) is 0 Å². The van der Waals surface area contributed by atoms with Crippen LogP contribution in [0.4, 0.5) is 0 Å². The predicted octanol–water partition coefficient (Wildman–Crippen LogP) is -0.533. The van der Waals surface area contributed by atoms with Gasteiger partial charge in [-0.3, -0.25) is 5.04 Å². The van der Waals surface area contributed by atoms with Crippen LogP contribution >= 0.6 is 12.0 Å². The zero-order valence-corrected chi connectivity index (χ0v) is 14.5. The van der Waals surface area contributed by atoms with E-state index in [0.717, 1.165) is 61.9 Å². The summed E-state index contributed by atoms with van der Waals surface area (Å²) in [4.78, 5) is 0. The van der Waals surface area contributed by atoms with Crippen molar-refractivity contribution in [3.8, 4) is 11.5 Å². The van der Waals surface area contributed by atoms with Crippen LogP contribution in [0.15, 0.2) is 18.2 Å². The number of aryl methyl sites for hydroxylation is 1. The Kier molecular flexibility index (Phi) is 12.8. The molecule has 0 bridgehead atoms. The Morgan fingerprint density at radius 2 is 1.75 bits per heavy atom. The van der Waals surface area contributed by atoms with Crippen molar-refractivity contribution in [3.05, 3.63) is 23.8 Å². The number of benzene rings is 1. The summed E-state index contributed by atoms with van der Waals surface area (Å²) in [7, 11) is 0. The van der Waals surface area contributed by atoms with Crippen molar-refractivity contribution >= 4 is 12.0 Å². The molecule has 0 fully saturated rings. The smallest absolute Gasteiger partial charge is 0.691 e. The van der Waals surface area contributed by atoms with E-state index in [1.54, 1.807) is 6.07 Å². The standard InChI is InChI=1S/C13H20O5S.Na/c14-12-7-8-13(15)11(10-12)6-4-2-1-3-5-9-19-18-17-16;/h7-8,10,14-16H,1-6,9H2;/q;+1/p-1. The SMILES string of the molecule is [Na+].[O-]OOSCCCCCCCc1cc(O)ccc1O. The molecule has 0 atom stereocenters. The van der Waals surface area contributed by atoms with Gasteiger partial charge in [0.1, 0.15) is 11.5 Å². The van der Waals surface area contributed by atoms with E-state index in [4.69, 9.17) is 0 Å². The maximum absolute atomic E-state index is 9.59. The minimum atomic E-state index is 0. The molecule has 0 heterocycles. The maximum atomic E-state index is 9.59. The molecule has 0 spiro atoms. The molecular formula is C13H19NaO5S. The van der Waals surface area contributed by atoms with Gasteiger partial charge in [0.15, 0.2) is 0 Å². The average Bonchev–Trinajstić information content (AvgIpc) is 2.40. The molecule has 0 aliphatic carbocycles. The molecule has 5 nitrogen and oxygen atoms in total. The summed E-state index contributed by atoms with van der Waals surface area (Å²) in [5.74, 6) is 1.17. The van der Waals surface area contributed by atoms with Crippen molar-refractivity contribution in [2.45, 2.75) is 38.5 Å². The monoisotopic (exact) mass is 310 g/mol. The van der Waals surface area contributed by atoms with Gasteiger partial charge in [-0.25, -0.2) is 0 Å². The topological polar surface area (TPSA) is 82.0 Å². The minimum absolute atomic E-state index is 0. The van der Waals surface area contributed by atoms with Crippen LogP contribution in [0.25, 0.3) is 0 Å². The molecule has 0 aromatic heterocycles. The maximum Gasteiger partial charge on any atom is 1.00 e. The van der Waals surface area contributed by atoms with Gasteiger partial charge in [-0.05, 0) is 43.0 Å². The number of rotatable bonds is 10. The van der Waals surface area contributed by atoms with E-state index in [2.05, 4.69) is 9.37 Å². The van der Waals surface area contributed by atoms with E-state index < -0.39 is 0 Å². The summed E-state index contributed by atoms with van der Waals surface area (Å²) in [6.07, 6.45) is 5.95.